The summed E-state index contributed by atoms with van der Waals surface area (Å²) in [6.07, 6.45) is 2.97. The van der Waals surface area contributed by atoms with Crippen LogP contribution in [-0.2, 0) is 11.2 Å². The van der Waals surface area contributed by atoms with Crippen molar-refractivity contribution in [2.24, 2.45) is 11.7 Å². The molecular weight excluding hydrogens is 262 g/mol. The van der Waals surface area contributed by atoms with E-state index in [1.54, 1.807) is 0 Å². The Hall–Kier alpha value is -0.770. The van der Waals surface area contributed by atoms with Crippen molar-refractivity contribution in [3.8, 4) is 5.75 Å². The van der Waals surface area contributed by atoms with Crippen molar-refractivity contribution in [1.82, 2.24) is 0 Å². The molecule has 0 amide bonds. The average Bonchev–Trinajstić information content (AvgIpc) is 2.38. The molecule has 1 atom stereocenters. The predicted molar refractivity (Wildman–Crippen MR) is 77.8 cm³/mol. The number of hydrogen-bond acceptors (Lipinski definition) is 3. The number of benzene rings is 1. The van der Waals surface area contributed by atoms with E-state index in [0.29, 0.717) is 10.9 Å². The van der Waals surface area contributed by atoms with E-state index in [1.165, 1.54) is 0 Å². The fourth-order valence-corrected chi connectivity index (χ4v) is 2.54. The van der Waals surface area contributed by atoms with Gasteiger partial charge in [0.25, 0.3) is 0 Å². The summed E-state index contributed by atoms with van der Waals surface area (Å²) in [5.41, 5.74) is 6.93. The van der Waals surface area contributed by atoms with Gasteiger partial charge < -0.3 is 15.2 Å². The molecule has 0 aliphatic carbocycles. The van der Waals surface area contributed by atoms with Crippen LogP contribution in [0, 0.1) is 5.92 Å². The second kappa shape index (κ2) is 7.13. The molecule has 1 aromatic carbocycles. The Kier molecular flexibility index (Phi) is 5.49. The monoisotopic (exact) mass is 283 g/mol. The number of halogens is 1. The molecule has 3 nitrogen and oxygen atoms in total. The molecule has 4 heteroatoms. The van der Waals surface area contributed by atoms with Crippen molar-refractivity contribution >= 4 is 11.6 Å². The molecule has 106 valence electrons. The summed E-state index contributed by atoms with van der Waals surface area (Å²) in [4.78, 5) is 0. The zero-order chi connectivity index (χ0) is 13.7. The minimum atomic E-state index is 0.144. The molecule has 19 heavy (non-hydrogen) atoms. The van der Waals surface area contributed by atoms with Gasteiger partial charge in [0.1, 0.15) is 5.75 Å². The zero-order valence-corrected chi connectivity index (χ0v) is 12.2. The Balaban J connectivity index is 1.89. The van der Waals surface area contributed by atoms with Crippen molar-refractivity contribution in [3.05, 3.63) is 28.8 Å². The van der Waals surface area contributed by atoms with Crippen LogP contribution >= 0.6 is 11.6 Å². The van der Waals surface area contributed by atoms with Crippen molar-refractivity contribution in [1.29, 1.82) is 0 Å². The number of hydrogen-bond donors (Lipinski definition) is 1. The summed E-state index contributed by atoms with van der Waals surface area (Å²) in [5.74, 6) is 1.34. The summed E-state index contributed by atoms with van der Waals surface area (Å²) in [6.45, 7) is 4.39. The molecule has 1 fully saturated rings. The molecule has 1 aliphatic rings. The first-order chi connectivity index (χ1) is 9.15. The molecule has 0 radical (unpaired) electrons. The molecule has 2 rings (SSSR count). The summed E-state index contributed by atoms with van der Waals surface area (Å²) in [7, 11) is 0. The van der Waals surface area contributed by atoms with Crippen molar-refractivity contribution in [2.45, 2.75) is 32.2 Å². The lowest BCUT2D eigenvalue weighted by atomic mass is 10.0. The van der Waals surface area contributed by atoms with Crippen LogP contribution in [0.2, 0.25) is 5.02 Å². The van der Waals surface area contributed by atoms with Gasteiger partial charge in [0.2, 0.25) is 0 Å². The van der Waals surface area contributed by atoms with Crippen LogP contribution < -0.4 is 10.5 Å². The predicted octanol–water partition coefficient (Wildman–Crippen LogP) is 3.04. The topological polar surface area (TPSA) is 44.5 Å². The Morgan fingerprint density at radius 2 is 2.16 bits per heavy atom. The van der Waals surface area contributed by atoms with Gasteiger partial charge in [0, 0.05) is 19.3 Å². The lowest BCUT2D eigenvalue weighted by Gasteiger charge is -2.22. The molecule has 1 heterocycles. The van der Waals surface area contributed by atoms with Crippen LogP contribution in [-0.4, -0.2) is 25.9 Å². The first-order valence-corrected chi connectivity index (χ1v) is 7.27. The molecule has 1 aliphatic heterocycles. The van der Waals surface area contributed by atoms with Crippen LogP contribution in [0.4, 0.5) is 0 Å². The molecule has 0 aromatic heterocycles. The molecule has 1 aromatic rings. The van der Waals surface area contributed by atoms with E-state index in [4.69, 9.17) is 26.8 Å². The molecular formula is C15H22ClNO2. The van der Waals surface area contributed by atoms with E-state index in [1.807, 2.05) is 25.1 Å². The molecule has 2 N–H and O–H groups in total. The highest BCUT2D eigenvalue weighted by atomic mass is 35.5. The van der Waals surface area contributed by atoms with Crippen LogP contribution in [0.25, 0.3) is 0 Å². The minimum Gasteiger partial charge on any atom is -0.492 e. The Morgan fingerprint density at radius 1 is 1.42 bits per heavy atom. The Labute approximate surface area is 120 Å². The van der Waals surface area contributed by atoms with Crippen molar-refractivity contribution in [2.75, 3.05) is 19.8 Å². The fourth-order valence-electron chi connectivity index (χ4n) is 2.28. The maximum Gasteiger partial charge on any atom is 0.137 e. The summed E-state index contributed by atoms with van der Waals surface area (Å²) >= 11 is 6.24. The van der Waals surface area contributed by atoms with Crippen molar-refractivity contribution in [3.63, 3.8) is 0 Å². The largest absolute Gasteiger partial charge is 0.492 e. The summed E-state index contributed by atoms with van der Waals surface area (Å²) in [5, 5.41) is 0.671. The normalized spacial score (nSPS) is 18.3. The first-order valence-electron chi connectivity index (χ1n) is 6.89. The van der Waals surface area contributed by atoms with Gasteiger partial charge in [0.05, 0.1) is 11.6 Å². The zero-order valence-electron chi connectivity index (χ0n) is 11.4. The average molecular weight is 284 g/mol. The molecule has 0 bridgehead atoms. The maximum atomic E-state index is 6.24. The van der Waals surface area contributed by atoms with Gasteiger partial charge >= 0.3 is 0 Å². The molecule has 1 saturated heterocycles. The van der Waals surface area contributed by atoms with Gasteiger partial charge in [-0.05, 0) is 49.8 Å². The minimum absolute atomic E-state index is 0.144. The van der Waals surface area contributed by atoms with Gasteiger partial charge in [-0.1, -0.05) is 17.7 Å². The van der Waals surface area contributed by atoms with E-state index >= 15 is 0 Å². The number of ether oxygens (including phenoxy) is 2. The second-order valence-corrected chi connectivity index (χ2v) is 5.72. The quantitative estimate of drug-likeness (QED) is 0.903. The molecule has 1 unspecified atom stereocenters. The van der Waals surface area contributed by atoms with Crippen LogP contribution in [0.5, 0.6) is 5.75 Å². The first kappa shape index (κ1) is 14.6. The van der Waals surface area contributed by atoms with Gasteiger partial charge in [-0.3, -0.25) is 0 Å². The summed E-state index contributed by atoms with van der Waals surface area (Å²) in [6, 6.07) is 6.07. The van der Waals surface area contributed by atoms with E-state index in [2.05, 4.69) is 0 Å². The van der Waals surface area contributed by atoms with E-state index in [9.17, 15) is 0 Å². The molecule has 0 spiro atoms. The highest BCUT2D eigenvalue weighted by molar-refractivity contribution is 6.32. The van der Waals surface area contributed by atoms with Crippen LogP contribution in [0.15, 0.2) is 18.2 Å². The lowest BCUT2D eigenvalue weighted by molar-refractivity contribution is 0.0498. The SMILES string of the molecule is CC(N)Cc1ccc(OCC2CCOCC2)c(Cl)c1. The lowest BCUT2D eigenvalue weighted by Crippen LogP contribution is -2.21. The highest BCUT2D eigenvalue weighted by Crippen LogP contribution is 2.27. The van der Waals surface area contributed by atoms with Gasteiger partial charge in [-0.2, -0.15) is 0 Å². The van der Waals surface area contributed by atoms with Gasteiger partial charge in [-0.15, -0.1) is 0 Å². The standard InChI is InChI=1S/C15H22ClNO2/c1-11(17)8-13-2-3-15(14(16)9-13)19-10-12-4-6-18-7-5-12/h2-3,9,11-12H,4-8,10,17H2,1H3. The van der Waals surface area contributed by atoms with Crippen molar-refractivity contribution < 1.29 is 9.47 Å². The third-order valence-electron chi connectivity index (χ3n) is 3.37. The van der Waals surface area contributed by atoms with E-state index in [0.717, 1.165) is 50.4 Å². The van der Waals surface area contributed by atoms with Crippen LogP contribution in [0.3, 0.4) is 0 Å². The summed E-state index contributed by atoms with van der Waals surface area (Å²) < 4.78 is 11.2. The van der Waals surface area contributed by atoms with Crippen LogP contribution in [0.1, 0.15) is 25.3 Å². The van der Waals surface area contributed by atoms with Gasteiger partial charge in [0.15, 0.2) is 0 Å². The second-order valence-electron chi connectivity index (χ2n) is 5.31. The third kappa shape index (κ3) is 4.68. The smallest absolute Gasteiger partial charge is 0.137 e. The van der Waals surface area contributed by atoms with E-state index in [-0.39, 0.29) is 6.04 Å². The van der Waals surface area contributed by atoms with Gasteiger partial charge in [-0.25, -0.2) is 0 Å². The van der Waals surface area contributed by atoms with E-state index < -0.39 is 0 Å². The maximum absolute atomic E-state index is 6.24. The highest BCUT2D eigenvalue weighted by Gasteiger charge is 2.15. The third-order valence-corrected chi connectivity index (χ3v) is 3.66. The number of nitrogens with two attached hydrogens (primary N) is 1. The fraction of sp³-hybridized carbons (Fsp3) is 0.600. The Morgan fingerprint density at radius 3 is 2.79 bits per heavy atom. The number of rotatable bonds is 5. The Bertz CT molecular complexity index is 403. The molecule has 0 saturated carbocycles.